The molecule has 0 heterocycles. The summed E-state index contributed by atoms with van der Waals surface area (Å²) in [6.45, 7) is 3.48. The van der Waals surface area contributed by atoms with E-state index >= 15 is 0 Å². The van der Waals surface area contributed by atoms with E-state index in [2.05, 4.69) is 10.5 Å². The van der Waals surface area contributed by atoms with Gasteiger partial charge < -0.3 is 14.6 Å². The maximum atomic E-state index is 12.8. The van der Waals surface area contributed by atoms with Crippen LogP contribution >= 0.6 is 0 Å². The van der Waals surface area contributed by atoms with Gasteiger partial charge in [0.1, 0.15) is 10.6 Å². The predicted molar refractivity (Wildman–Crippen MR) is 113 cm³/mol. The predicted octanol–water partition coefficient (Wildman–Crippen LogP) is 1.88. The largest absolute Gasteiger partial charge is 0.504 e. The third-order valence-electron chi connectivity index (χ3n) is 4.10. The Bertz CT molecular complexity index is 1040. The molecule has 30 heavy (non-hydrogen) atoms. The number of nitrogens with zero attached hydrogens (tertiary/aromatic N) is 2. The first-order valence-corrected chi connectivity index (χ1v) is 10.5. The maximum absolute atomic E-state index is 12.8. The molecule has 0 aromatic heterocycles. The van der Waals surface area contributed by atoms with Crippen LogP contribution in [-0.2, 0) is 14.8 Å². The van der Waals surface area contributed by atoms with Crippen molar-refractivity contribution < 1.29 is 27.8 Å². The number of hydrazone groups is 1. The van der Waals surface area contributed by atoms with Gasteiger partial charge in [0.05, 0.1) is 26.5 Å². The third-order valence-corrected chi connectivity index (χ3v) is 5.92. The molecule has 0 aliphatic heterocycles. The van der Waals surface area contributed by atoms with E-state index in [1.807, 2.05) is 0 Å². The Balaban J connectivity index is 2.07. The number of ether oxygens (including phenoxy) is 2. The van der Waals surface area contributed by atoms with Crippen LogP contribution in [0.3, 0.4) is 0 Å². The van der Waals surface area contributed by atoms with Gasteiger partial charge in [0.2, 0.25) is 10.0 Å². The van der Waals surface area contributed by atoms with Gasteiger partial charge in [-0.25, -0.2) is 13.8 Å². The van der Waals surface area contributed by atoms with Crippen LogP contribution in [0.2, 0.25) is 0 Å². The average Bonchev–Trinajstić information content (AvgIpc) is 2.70. The topological polar surface area (TPSA) is 118 Å². The molecule has 2 aromatic rings. The van der Waals surface area contributed by atoms with Gasteiger partial charge in [-0.1, -0.05) is 12.1 Å². The van der Waals surface area contributed by atoms with Crippen LogP contribution < -0.4 is 14.9 Å². The van der Waals surface area contributed by atoms with Gasteiger partial charge in [0.25, 0.3) is 5.91 Å². The average molecular weight is 436 g/mol. The Morgan fingerprint density at radius 2 is 2.00 bits per heavy atom. The Kier molecular flexibility index (Phi) is 7.79. The lowest BCUT2D eigenvalue weighted by molar-refractivity contribution is -0.121. The molecule has 0 aliphatic carbocycles. The Morgan fingerprint density at radius 1 is 1.27 bits per heavy atom. The lowest BCUT2D eigenvalue weighted by Crippen LogP contribution is -2.36. The van der Waals surface area contributed by atoms with Gasteiger partial charge in [-0.2, -0.15) is 9.41 Å². The minimum absolute atomic E-state index is 0.0264. The number of methoxy groups -OCH3 is 1. The number of carbonyl (C=O) groups excluding carboxylic acids is 1. The first-order valence-electron chi connectivity index (χ1n) is 9.08. The summed E-state index contributed by atoms with van der Waals surface area (Å²) in [6, 6.07) is 9.64. The van der Waals surface area contributed by atoms with Crippen LogP contribution in [-0.4, -0.2) is 57.3 Å². The molecule has 10 heteroatoms. The number of aryl methyl sites for hydroxylation is 1. The summed E-state index contributed by atoms with van der Waals surface area (Å²) in [5.41, 5.74) is 3.33. The molecule has 0 bridgehead atoms. The van der Waals surface area contributed by atoms with Crippen molar-refractivity contribution >= 4 is 22.1 Å². The number of phenolic OH excluding ortho intramolecular Hbond substituents is 1. The number of hydrogen-bond acceptors (Lipinski definition) is 7. The van der Waals surface area contributed by atoms with Crippen LogP contribution in [0.4, 0.5) is 0 Å². The van der Waals surface area contributed by atoms with Crippen molar-refractivity contribution in [1.82, 2.24) is 9.73 Å². The molecular weight excluding hydrogens is 410 g/mol. The summed E-state index contributed by atoms with van der Waals surface area (Å²) < 4.78 is 37.0. The molecule has 2 aromatic carbocycles. The summed E-state index contributed by atoms with van der Waals surface area (Å²) >= 11 is 0. The number of rotatable bonds is 9. The first kappa shape index (κ1) is 23.2. The minimum Gasteiger partial charge on any atom is -0.504 e. The number of sulfonamides is 1. The van der Waals surface area contributed by atoms with Crippen molar-refractivity contribution in [2.45, 2.75) is 18.7 Å². The number of benzene rings is 2. The van der Waals surface area contributed by atoms with Crippen molar-refractivity contribution in [3.63, 3.8) is 0 Å². The van der Waals surface area contributed by atoms with E-state index in [-0.39, 0.29) is 16.4 Å². The van der Waals surface area contributed by atoms with E-state index in [0.717, 1.165) is 9.87 Å². The van der Waals surface area contributed by atoms with Gasteiger partial charge in [-0.3, -0.25) is 4.79 Å². The van der Waals surface area contributed by atoms with Gasteiger partial charge in [0.15, 0.2) is 11.5 Å². The number of likely N-dealkylation sites (N-methyl/N-ethyl adjacent to an activating group) is 1. The smallest absolute Gasteiger partial charge is 0.255 e. The highest BCUT2D eigenvalue weighted by Gasteiger charge is 2.26. The zero-order valence-corrected chi connectivity index (χ0v) is 18.1. The molecule has 0 fully saturated rings. The van der Waals surface area contributed by atoms with Crippen molar-refractivity contribution in [3.8, 4) is 17.2 Å². The van der Waals surface area contributed by atoms with Crippen molar-refractivity contribution in [1.29, 1.82) is 0 Å². The fourth-order valence-corrected chi connectivity index (χ4v) is 3.93. The highest BCUT2D eigenvalue weighted by atomic mass is 32.2. The van der Waals surface area contributed by atoms with Gasteiger partial charge in [-0.05, 0) is 43.7 Å². The minimum atomic E-state index is -3.96. The van der Waals surface area contributed by atoms with Crippen LogP contribution in [0.15, 0.2) is 46.4 Å². The second kappa shape index (κ2) is 10.1. The zero-order chi connectivity index (χ0) is 22.3. The standard InChI is InChI=1S/C20H25N3O6S/c1-5-29-17-8-6-7-15(20(17)25)12-21-22-19(24)13-23(3)30(26,27)18-11-14(2)9-10-16(18)28-4/h6-12,25H,5,13H2,1-4H3,(H,22,24)/b21-12+. The molecule has 2 N–H and O–H groups in total. The summed E-state index contributed by atoms with van der Waals surface area (Å²) in [4.78, 5) is 12.1. The summed E-state index contributed by atoms with van der Waals surface area (Å²) in [6.07, 6.45) is 1.24. The Labute approximate surface area is 176 Å². The number of carbonyl (C=O) groups is 1. The summed E-state index contributed by atoms with van der Waals surface area (Å²) in [5, 5.41) is 13.9. The summed E-state index contributed by atoms with van der Waals surface area (Å²) in [5.74, 6) is -0.269. The third kappa shape index (κ3) is 5.49. The SMILES string of the molecule is CCOc1cccc(/C=N/NC(=O)CN(C)S(=O)(=O)c2cc(C)ccc2OC)c1O. The fraction of sp³-hybridized carbons (Fsp3) is 0.300. The lowest BCUT2D eigenvalue weighted by Gasteiger charge is -2.18. The monoisotopic (exact) mass is 435 g/mol. The number of para-hydroxylation sites is 1. The molecule has 0 unspecified atom stereocenters. The van der Waals surface area contributed by atoms with E-state index < -0.39 is 22.5 Å². The second-order valence-corrected chi connectivity index (χ2v) is 8.35. The fourth-order valence-electron chi connectivity index (χ4n) is 2.57. The Morgan fingerprint density at radius 3 is 2.67 bits per heavy atom. The number of hydrogen-bond donors (Lipinski definition) is 2. The molecular formula is C20H25N3O6S. The molecule has 0 atom stereocenters. The number of aromatic hydroxyl groups is 1. The van der Waals surface area contributed by atoms with Crippen LogP contribution in [0.1, 0.15) is 18.1 Å². The van der Waals surface area contributed by atoms with E-state index in [4.69, 9.17) is 9.47 Å². The highest BCUT2D eigenvalue weighted by molar-refractivity contribution is 7.89. The molecule has 0 aliphatic rings. The summed E-state index contributed by atoms with van der Waals surface area (Å²) in [7, 11) is -1.29. The van der Waals surface area contributed by atoms with E-state index in [1.165, 1.54) is 26.4 Å². The van der Waals surface area contributed by atoms with E-state index in [1.54, 1.807) is 44.2 Å². The van der Waals surface area contributed by atoms with Gasteiger partial charge in [0, 0.05) is 12.6 Å². The normalized spacial score (nSPS) is 11.6. The zero-order valence-electron chi connectivity index (χ0n) is 17.2. The molecule has 0 saturated heterocycles. The molecule has 1 amide bonds. The molecule has 162 valence electrons. The molecule has 0 radical (unpaired) electrons. The van der Waals surface area contributed by atoms with Crippen LogP contribution in [0.25, 0.3) is 0 Å². The molecule has 2 rings (SSSR count). The maximum Gasteiger partial charge on any atom is 0.255 e. The second-order valence-electron chi connectivity index (χ2n) is 6.34. The highest BCUT2D eigenvalue weighted by Crippen LogP contribution is 2.29. The number of amides is 1. The molecule has 9 nitrogen and oxygen atoms in total. The number of phenols is 1. The first-order chi connectivity index (χ1) is 14.2. The van der Waals surface area contributed by atoms with E-state index in [9.17, 15) is 18.3 Å². The van der Waals surface area contributed by atoms with Crippen molar-refractivity contribution in [2.24, 2.45) is 5.10 Å². The Hall–Kier alpha value is -3.11. The van der Waals surface area contributed by atoms with Crippen LogP contribution in [0.5, 0.6) is 17.2 Å². The van der Waals surface area contributed by atoms with Crippen molar-refractivity contribution in [3.05, 3.63) is 47.5 Å². The van der Waals surface area contributed by atoms with Crippen molar-refractivity contribution in [2.75, 3.05) is 27.3 Å². The number of nitrogens with one attached hydrogen (secondary N) is 1. The molecule has 0 spiro atoms. The lowest BCUT2D eigenvalue weighted by atomic mass is 10.2. The van der Waals surface area contributed by atoms with E-state index in [0.29, 0.717) is 17.9 Å². The quantitative estimate of drug-likeness (QED) is 0.459. The van der Waals surface area contributed by atoms with Crippen LogP contribution in [0, 0.1) is 6.92 Å². The van der Waals surface area contributed by atoms with Gasteiger partial charge >= 0.3 is 0 Å². The molecule has 0 saturated carbocycles. The van der Waals surface area contributed by atoms with Gasteiger partial charge in [-0.15, -0.1) is 0 Å².